The average Bonchev–Trinajstić information content (AvgIpc) is 2.43. The van der Waals surface area contributed by atoms with Crippen LogP contribution >= 0.6 is 0 Å². The van der Waals surface area contributed by atoms with Gasteiger partial charge in [-0.1, -0.05) is 13.0 Å². The van der Waals surface area contributed by atoms with Gasteiger partial charge in [0.2, 0.25) is 0 Å². The molecule has 0 bridgehead atoms. The molecule has 0 saturated carbocycles. The van der Waals surface area contributed by atoms with Crippen LogP contribution in [0.15, 0.2) is 31.0 Å². The Kier molecular flexibility index (Phi) is 6.39. The lowest BCUT2D eigenvalue weighted by molar-refractivity contribution is 0.169. The molecular weight excluding hydrogens is 228 g/mol. The Balaban J connectivity index is 2.76. The zero-order valence-electron chi connectivity index (χ0n) is 11.2. The van der Waals surface area contributed by atoms with Crippen molar-refractivity contribution in [1.82, 2.24) is 4.98 Å². The summed E-state index contributed by atoms with van der Waals surface area (Å²) in [6.45, 7) is 7.89. The molecule has 0 saturated heterocycles. The Morgan fingerprint density at radius 1 is 1.56 bits per heavy atom. The minimum atomic E-state index is -0.481. The third-order valence-corrected chi connectivity index (χ3v) is 2.78. The summed E-state index contributed by atoms with van der Waals surface area (Å²) < 4.78 is 5.08. The standard InChI is InChI=1S/C14H22N2O2/c1-4-8-16(9-10-18-3)12-6-7-13(15-11-12)14(17)5-2/h4,6-7,11,14,17H,1,5,8-10H2,2-3H3/t14-/m1/s1. The topological polar surface area (TPSA) is 45.6 Å². The molecule has 4 nitrogen and oxygen atoms in total. The summed E-state index contributed by atoms with van der Waals surface area (Å²) in [5, 5.41) is 9.69. The summed E-state index contributed by atoms with van der Waals surface area (Å²) in [7, 11) is 1.69. The van der Waals surface area contributed by atoms with E-state index in [4.69, 9.17) is 4.74 Å². The molecule has 1 aromatic rings. The highest BCUT2D eigenvalue weighted by Gasteiger charge is 2.08. The van der Waals surface area contributed by atoms with Gasteiger partial charge < -0.3 is 14.7 Å². The SMILES string of the molecule is C=CCN(CCOC)c1ccc([C@H](O)CC)nc1. The number of anilines is 1. The molecule has 0 aliphatic heterocycles. The van der Waals surface area contributed by atoms with Crippen molar-refractivity contribution < 1.29 is 9.84 Å². The van der Waals surface area contributed by atoms with E-state index in [1.807, 2.05) is 25.1 Å². The maximum Gasteiger partial charge on any atom is 0.0957 e. The summed E-state index contributed by atoms with van der Waals surface area (Å²) >= 11 is 0. The van der Waals surface area contributed by atoms with E-state index in [1.165, 1.54) is 0 Å². The Labute approximate surface area is 109 Å². The second-order valence-electron chi connectivity index (χ2n) is 4.09. The van der Waals surface area contributed by atoms with E-state index in [1.54, 1.807) is 13.3 Å². The number of aliphatic hydroxyl groups excluding tert-OH is 1. The number of pyridine rings is 1. The maximum absolute atomic E-state index is 9.69. The fourth-order valence-corrected chi connectivity index (χ4v) is 1.67. The Hall–Kier alpha value is -1.39. The van der Waals surface area contributed by atoms with Gasteiger partial charge in [-0.3, -0.25) is 4.98 Å². The molecule has 1 heterocycles. The van der Waals surface area contributed by atoms with Crippen molar-refractivity contribution in [2.24, 2.45) is 0 Å². The van der Waals surface area contributed by atoms with E-state index in [-0.39, 0.29) is 0 Å². The Bertz CT molecular complexity index is 351. The van der Waals surface area contributed by atoms with E-state index < -0.39 is 6.10 Å². The number of aliphatic hydroxyl groups is 1. The second-order valence-corrected chi connectivity index (χ2v) is 4.09. The minimum Gasteiger partial charge on any atom is -0.387 e. The van der Waals surface area contributed by atoms with Gasteiger partial charge >= 0.3 is 0 Å². The van der Waals surface area contributed by atoms with E-state index in [2.05, 4.69) is 16.5 Å². The number of hydrogen-bond donors (Lipinski definition) is 1. The largest absolute Gasteiger partial charge is 0.387 e. The van der Waals surface area contributed by atoms with Gasteiger partial charge in [0, 0.05) is 20.2 Å². The van der Waals surface area contributed by atoms with E-state index >= 15 is 0 Å². The van der Waals surface area contributed by atoms with Gasteiger partial charge in [0.1, 0.15) is 0 Å². The molecule has 100 valence electrons. The summed E-state index contributed by atoms with van der Waals surface area (Å²) in [4.78, 5) is 6.42. The van der Waals surface area contributed by atoms with Crippen molar-refractivity contribution in [1.29, 1.82) is 0 Å². The lowest BCUT2D eigenvalue weighted by Gasteiger charge is -2.23. The lowest BCUT2D eigenvalue weighted by atomic mass is 10.2. The van der Waals surface area contributed by atoms with Crippen LogP contribution in [0.4, 0.5) is 5.69 Å². The van der Waals surface area contributed by atoms with Crippen LogP contribution in [0, 0.1) is 0 Å². The first-order chi connectivity index (χ1) is 8.72. The number of aromatic nitrogens is 1. The number of methoxy groups -OCH3 is 1. The van der Waals surface area contributed by atoms with E-state index in [0.29, 0.717) is 18.7 Å². The van der Waals surface area contributed by atoms with Crippen molar-refractivity contribution in [3.63, 3.8) is 0 Å². The highest BCUT2D eigenvalue weighted by Crippen LogP contribution is 2.18. The summed E-state index contributed by atoms with van der Waals surface area (Å²) in [6, 6.07) is 3.84. The third-order valence-electron chi connectivity index (χ3n) is 2.78. The smallest absolute Gasteiger partial charge is 0.0957 e. The zero-order chi connectivity index (χ0) is 13.4. The Morgan fingerprint density at radius 2 is 2.33 bits per heavy atom. The molecule has 18 heavy (non-hydrogen) atoms. The molecule has 4 heteroatoms. The highest BCUT2D eigenvalue weighted by molar-refractivity contribution is 5.45. The van der Waals surface area contributed by atoms with Crippen molar-refractivity contribution in [2.45, 2.75) is 19.4 Å². The van der Waals surface area contributed by atoms with Crippen molar-refractivity contribution >= 4 is 5.69 Å². The van der Waals surface area contributed by atoms with Crippen molar-refractivity contribution in [3.8, 4) is 0 Å². The van der Waals surface area contributed by atoms with Crippen LogP contribution in [0.3, 0.4) is 0 Å². The lowest BCUT2D eigenvalue weighted by Crippen LogP contribution is -2.27. The van der Waals surface area contributed by atoms with Crippen LogP contribution in [0.5, 0.6) is 0 Å². The molecule has 0 fully saturated rings. The van der Waals surface area contributed by atoms with Crippen LogP contribution in [0.1, 0.15) is 25.1 Å². The van der Waals surface area contributed by atoms with Gasteiger partial charge in [0.05, 0.1) is 30.3 Å². The molecule has 1 atom stereocenters. The first-order valence-electron chi connectivity index (χ1n) is 6.21. The Morgan fingerprint density at radius 3 is 2.83 bits per heavy atom. The molecular formula is C14H22N2O2. The maximum atomic E-state index is 9.69. The summed E-state index contributed by atoms with van der Waals surface area (Å²) in [6.07, 6.45) is 3.83. The molecule has 0 aliphatic carbocycles. The fraction of sp³-hybridized carbons (Fsp3) is 0.500. The molecule has 1 N–H and O–H groups in total. The molecule has 0 spiro atoms. The van der Waals surface area contributed by atoms with Crippen molar-refractivity contribution in [3.05, 3.63) is 36.7 Å². The van der Waals surface area contributed by atoms with Crippen LogP contribution in [0.25, 0.3) is 0 Å². The molecule has 1 rings (SSSR count). The number of ether oxygens (including phenoxy) is 1. The second kappa shape index (κ2) is 7.84. The van der Waals surface area contributed by atoms with E-state index in [9.17, 15) is 5.11 Å². The van der Waals surface area contributed by atoms with Gasteiger partial charge in [-0.2, -0.15) is 0 Å². The van der Waals surface area contributed by atoms with Gasteiger partial charge in [-0.15, -0.1) is 6.58 Å². The predicted molar refractivity (Wildman–Crippen MR) is 73.8 cm³/mol. The van der Waals surface area contributed by atoms with E-state index in [0.717, 1.165) is 18.8 Å². The molecule has 0 radical (unpaired) electrons. The van der Waals surface area contributed by atoms with Gasteiger partial charge in [0.15, 0.2) is 0 Å². The first kappa shape index (κ1) is 14.7. The van der Waals surface area contributed by atoms with Gasteiger partial charge in [0.25, 0.3) is 0 Å². The molecule has 1 aromatic heterocycles. The van der Waals surface area contributed by atoms with Crippen LogP contribution in [-0.4, -0.2) is 36.9 Å². The number of rotatable bonds is 8. The monoisotopic (exact) mass is 250 g/mol. The van der Waals surface area contributed by atoms with Crippen molar-refractivity contribution in [2.75, 3.05) is 31.7 Å². The molecule has 0 unspecified atom stereocenters. The zero-order valence-corrected chi connectivity index (χ0v) is 11.2. The number of nitrogens with zero attached hydrogens (tertiary/aromatic N) is 2. The molecule has 0 aliphatic rings. The minimum absolute atomic E-state index is 0.481. The first-order valence-corrected chi connectivity index (χ1v) is 6.21. The quantitative estimate of drug-likeness (QED) is 0.718. The fourth-order valence-electron chi connectivity index (χ4n) is 1.67. The van der Waals surface area contributed by atoms with Crippen LogP contribution < -0.4 is 4.90 Å². The average molecular weight is 250 g/mol. The van der Waals surface area contributed by atoms with Crippen LogP contribution in [0.2, 0.25) is 0 Å². The molecule has 0 aromatic carbocycles. The summed E-state index contributed by atoms with van der Waals surface area (Å²) in [5.41, 5.74) is 1.73. The third kappa shape index (κ3) is 4.13. The van der Waals surface area contributed by atoms with Crippen LogP contribution in [-0.2, 0) is 4.74 Å². The highest BCUT2D eigenvalue weighted by atomic mass is 16.5. The summed E-state index contributed by atoms with van der Waals surface area (Å²) in [5.74, 6) is 0. The normalized spacial score (nSPS) is 12.2. The van der Waals surface area contributed by atoms with Gasteiger partial charge in [-0.25, -0.2) is 0 Å². The number of hydrogen-bond acceptors (Lipinski definition) is 4. The van der Waals surface area contributed by atoms with Gasteiger partial charge in [-0.05, 0) is 18.6 Å². The molecule has 0 amide bonds. The predicted octanol–water partition coefficient (Wildman–Crippen LogP) is 2.16.